The normalized spacial score (nSPS) is 26.2. The van der Waals surface area contributed by atoms with Crippen LogP contribution >= 0.6 is 0 Å². The first-order valence-electron chi connectivity index (χ1n) is 7.77. The van der Waals surface area contributed by atoms with Crippen molar-refractivity contribution in [2.75, 3.05) is 13.2 Å². The Kier molecular flexibility index (Phi) is 3.59. The van der Waals surface area contributed by atoms with E-state index in [0.717, 1.165) is 11.6 Å². The summed E-state index contributed by atoms with van der Waals surface area (Å²) in [4.78, 5) is 4.52. The van der Waals surface area contributed by atoms with Gasteiger partial charge in [-0.05, 0) is 18.8 Å². The third-order valence-electron chi connectivity index (χ3n) is 4.41. The van der Waals surface area contributed by atoms with Crippen LogP contribution in [0.3, 0.4) is 0 Å². The molecular formula is C15H21N5O2. The summed E-state index contributed by atoms with van der Waals surface area (Å²) in [7, 11) is 2.05. The fourth-order valence-electron chi connectivity index (χ4n) is 3.04. The van der Waals surface area contributed by atoms with E-state index in [1.807, 2.05) is 19.4 Å². The summed E-state index contributed by atoms with van der Waals surface area (Å²) in [6, 6.07) is 0.430. The molecule has 1 unspecified atom stereocenters. The molecule has 3 atom stereocenters. The number of aryl methyl sites for hydroxylation is 1. The molecule has 0 radical (unpaired) electrons. The molecule has 3 heterocycles. The number of nitrogens with zero attached hydrogens (tertiary/aromatic N) is 3. The van der Waals surface area contributed by atoms with Gasteiger partial charge >= 0.3 is 0 Å². The van der Waals surface area contributed by atoms with Crippen molar-refractivity contribution < 1.29 is 9.47 Å². The van der Waals surface area contributed by atoms with Gasteiger partial charge in [-0.3, -0.25) is 10.4 Å². The first-order chi connectivity index (χ1) is 10.8. The van der Waals surface area contributed by atoms with E-state index in [9.17, 15) is 0 Å². The number of rotatable bonds is 6. The van der Waals surface area contributed by atoms with Crippen molar-refractivity contribution in [2.45, 2.75) is 31.0 Å². The monoisotopic (exact) mass is 303 g/mol. The zero-order valence-corrected chi connectivity index (χ0v) is 12.6. The predicted octanol–water partition coefficient (Wildman–Crippen LogP) is 1.03. The number of imidazole rings is 1. The molecule has 118 valence electrons. The molecule has 4 rings (SSSR count). The van der Waals surface area contributed by atoms with Crippen LogP contribution in [0.25, 0.3) is 0 Å². The fraction of sp³-hybridized carbons (Fsp3) is 0.600. The van der Waals surface area contributed by atoms with E-state index in [-0.39, 0.29) is 18.2 Å². The van der Waals surface area contributed by atoms with E-state index in [1.54, 1.807) is 12.4 Å². The molecule has 22 heavy (non-hydrogen) atoms. The minimum Gasteiger partial charge on any atom is -0.483 e. The molecule has 7 heteroatoms. The van der Waals surface area contributed by atoms with Crippen LogP contribution in [0.4, 0.5) is 0 Å². The summed E-state index contributed by atoms with van der Waals surface area (Å²) in [6.45, 7) is 1.26. The molecule has 2 fully saturated rings. The zero-order chi connectivity index (χ0) is 14.9. The first-order valence-corrected chi connectivity index (χ1v) is 7.77. The molecular weight excluding hydrogens is 282 g/mol. The summed E-state index contributed by atoms with van der Waals surface area (Å²) in [5.74, 6) is 2.51. The van der Waals surface area contributed by atoms with Crippen LogP contribution in [0.5, 0.6) is 5.75 Å². The zero-order valence-electron chi connectivity index (χ0n) is 12.6. The van der Waals surface area contributed by atoms with Crippen molar-refractivity contribution in [3.63, 3.8) is 0 Å². The summed E-state index contributed by atoms with van der Waals surface area (Å²) in [6.07, 6.45) is 9.81. The minimum absolute atomic E-state index is 0.000816. The minimum atomic E-state index is -0.000816. The van der Waals surface area contributed by atoms with Gasteiger partial charge in [0.1, 0.15) is 11.9 Å². The highest BCUT2D eigenvalue weighted by atomic mass is 16.5. The maximum Gasteiger partial charge on any atom is 0.157 e. The van der Waals surface area contributed by atoms with Gasteiger partial charge in [-0.1, -0.05) is 0 Å². The summed E-state index contributed by atoms with van der Waals surface area (Å²) >= 11 is 0. The molecule has 0 spiro atoms. The topological polar surface area (TPSA) is 77.0 Å². The van der Waals surface area contributed by atoms with E-state index < -0.39 is 0 Å². The average Bonchev–Trinajstić information content (AvgIpc) is 2.89. The van der Waals surface area contributed by atoms with Gasteiger partial charge in [0.2, 0.25) is 0 Å². The van der Waals surface area contributed by atoms with Crippen LogP contribution in [-0.2, 0) is 11.8 Å². The van der Waals surface area contributed by atoms with Crippen LogP contribution in [0.1, 0.15) is 24.7 Å². The molecule has 2 aromatic rings. The molecule has 0 aromatic carbocycles. The lowest BCUT2D eigenvalue weighted by Crippen LogP contribution is -2.45. The van der Waals surface area contributed by atoms with Gasteiger partial charge < -0.3 is 14.0 Å². The van der Waals surface area contributed by atoms with Gasteiger partial charge in [0, 0.05) is 19.4 Å². The number of ether oxygens (including phenoxy) is 2. The second kappa shape index (κ2) is 5.73. The van der Waals surface area contributed by atoms with Gasteiger partial charge in [0.15, 0.2) is 5.75 Å². The third kappa shape index (κ3) is 2.74. The Morgan fingerprint density at radius 1 is 1.45 bits per heavy atom. The van der Waals surface area contributed by atoms with Gasteiger partial charge in [-0.25, -0.2) is 4.98 Å². The standard InChI is InChI=1S/C15H21N5O2/c1-20-5-4-16-15(20)14(10-2-3-10)19-12-8-21-9-13(12)22-11-6-17-18-7-11/h4-7,10,12-14,19H,2-3,8-9H2,1H3,(H,17,18)/t12-,13+,14?/m0/s1. The fourth-order valence-corrected chi connectivity index (χ4v) is 3.04. The van der Waals surface area contributed by atoms with Crippen molar-refractivity contribution in [2.24, 2.45) is 13.0 Å². The highest BCUT2D eigenvalue weighted by molar-refractivity contribution is 5.12. The van der Waals surface area contributed by atoms with Gasteiger partial charge in [-0.2, -0.15) is 5.10 Å². The van der Waals surface area contributed by atoms with Crippen molar-refractivity contribution in [1.29, 1.82) is 0 Å². The number of hydrogen-bond acceptors (Lipinski definition) is 5. The molecule has 0 bridgehead atoms. The SMILES string of the molecule is Cn1ccnc1C(N[C@H]1COC[C@H]1Oc1cn[nH]c1)C1CC1. The van der Waals surface area contributed by atoms with Crippen molar-refractivity contribution in [1.82, 2.24) is 25.1 Å². The van der Waals surface area contributed by atoms with E-state index >= 15 is 0 Å². The van der Waals surface area contributed by atoms with E-state index in [2.05, 4.69) is 25.1 Å². The second-order valence-electron chi connectivity index (χ2n) is 6.11. The Bertz CT molecular complexity index is 607. The van der Waals surface area contributed by atoms with Crippen LogP contribution in [-0.4, -0.2) is 45.1 Å². The molecule has 1 aliphatic carbocycles. The Hall–Kier alpha value is -1.86. The maximum absolute atomic E-state index is 5.97. The van der Waals surface area contributed by atoms with Crippen LogP contribution in [0.2, 0.25) is 0 Å². The van der Waals surface area contributed by atoms with Gasteiger partial charge in [0.05, 0.1) is 37.7 Å². The number of aromatic nitrogens is 4. The molecule has 2 aromatic heterocycles. The molecule has 2 aliphatic rings. The lowest BCUT2D eigenvalue weighted by Gasteiger charge is -2.25. The summed E-state index contributed by atoms with van der Waals surface area (Å²) in [5.41, 5.74) is 0. The number of aromatic amines is 1. The molecule has 0 amide bonds. The number of hydrogen-bond donors (Lipinski definition) is 2. The molecule has 1 saturated carbocycles. The van der Waals surface area contributed by atoms with Crippen LogP contribution in [0, 0.1) is 5.92 Å². The number of nitrogens with one attached hydrogen (secondary N) is 2. The maximum atomic E-state index is 5.97. The van der Waals surface area contributed by atoms with E-state index in [4.69, 9.17) is 9.47 Å². The quantitative estimate of drug-likeness (QED) is 0.833. The van der Waals surface area contributed by atoms with Crippen molar-refractivity contribution in [3.05, 3.63) is 30.6 Å². The lowest BCUT2D eigenvalue weighted by molar-refractivity contribution is 0.138. The lowest BCUT2D eigenvalue weighted by atomic mass is 10.1. The van der Waals surface area contributed by atoms with Crippen LogP contribution < -0.4 is 10.1 Å². The summed E-state index contributed by atoms with van der Waals surface area (Å²) in [5, 5.41) is 10.4. The second-order valence-corrected chi connectivity index (χ2v) is 6.11. The molecule has 1 saturated heterocycles. The molecule has 2 N–H and O–H groups in total. The van der Waals surface area contributed by atoms with E-state index in [0.29, 0.717) is 19.1 Å². The van der Waals surface area contributed by atoms with Crippen molar-refractivity contribution in [3.8, 4) is 5.75 Å². The first kappa shape index (κ1) is 13.8. The number of H-pyrrole nitrogens is 1. The van der Waals surface area contributed by atoms with E-state index in [1.165, 1.54) is 12.8 Å². The Labute approximate surface area is 129 Å². The summed E-state index contributed by atoms with van der Waals surface area (Å²) < 4.78 is 13.7. The van der Waals surface area contributed by atoms with Crippen molar-refractivity contribution >= 4 is 0 Å². The molecule has 7 nitrogen and oxygen atoms in total. The Balaban J connectivity index is 1.47. The average molecular weight is 303 g/mol. The third-order valence-corrected chi connectivity index (χ3v) is 4.41. The largest absolute Gasteiger partial charge is 0.483 e. The highest BCUT2D eigenvalue weighted by Gasteiger charge is 2.39. The Morgan fingerprint density at radius 3 is 3.05 bits per heavy atom. The van der Waals surface area contributed by atoms with Gasteiger partial charge in [-0.15, -0.1) is 0 Å². The van der Waals surface area contributed by atoms with Gasteiger partial charge in [0.25, 0.3) is 0 Å². The predicted molar refractivity (Wildman–Crippen MR) is 79.4 cm³/mol. The smallest absolute Gasteiger partial charge is 0.157 e. The highest BCUT2D eigenvalue weighted by Crippen LogP contribution is 2.41. The molecule has 1 aliphatic heterocycles. The Morgan fingerprint density at radius 2 is 2.36 bits per heavy atom. The van der Waals surface area contributed by atoms with Crippen LogP contribution in [0.15, 0.2) is 24.8 Å².